The number of aromatic amines is 1. The van der Waals surface area contributed by atoms with Crippen LogP contribution < -0.4 is 10.6 Å². The van der Waals surface area contributed by atoms with Crippen molar-refractivity contribution in [3.63, 3.8) is 0 Å². The summed E-state index contributed by atoms with van der Waals surface area (Å²) >= 11 is 6.12. The second kappa shape index (κ2) is 8.39. The van der Waals surface area contributed by atoms with Crippen molar-refractivity contribution < 1.29 is 9.59 Å². The molecule has 7 heteroatoms. The lowest BCUT2D eigenvalue weighted by molar-refractivity contribution is 0.0940. The third kappa shape index (κ3) is 4.04. The van der Waals surface area contributed by atoms with Gasteiger partial charge in [0, 0.05) is 10.4 Å². The molecule has 1 aromatic heterocycles. The van der Waals surface area contributed by atoms with Crippen LogP contribution in [0.5, 0.6) is 0 Å². The summed E-state index contributed by atoms with van der Waals surface area (Å²) in [5.74, 6) is -0.754. The number of H-pyrrole nitrogens is 1. The van der Waals surface area contributed by atoms with Gasteiger partial charge in [0.1, 0.15) is 0 Å². The number of carbonyl (C=O) groups excluding carboxylic acids is 2. The van der Waals surface area contributed by atoms with Gasteiger partial charge in [0.25, 0.3) is 11.8 Å². The standard InChI is InChI=1S/C23H19ClN4O2/c1-14(15-7-3-2-4-8-15)25-22(29)18-13-16(24)11-12-19(18)26-23(30)21-17-9-5-6-10-20(17)27-28-21/h2-14H,1H3,(H,25,29)(H,26,30)(H,27,28)/t14-/m1/s1. The molecule has 0 aliphatic rings. The first-order chi connectivity index (χ1) is 14.5. The number of hydrogen-bond acceptors (Lipinski definition) is 3. The van der Waals surface area contributed by atoms with Crippen LogP contribution in [0.1, 0.15) is 39.4 Å². The van der Waals surface area contributed by atoms with E-state index >= 15 is 0 Å². The van der Waals surface area contributed by atoms with E-state index in [0.717, 1.165) is 11.1 Å². The molecule has 3 N–H and O–H groups in total. The molecule has 4 rings (SSSR count). The second-order valence-electron chi connectivity index (χ2n) is 6.87. The smallest absolute Gasteiger partial charge is 0.276 e. The zero-order valence-corrected chi connectivity index (χ0v) is 16.9. The molecule has 2 amide bonds. The zero-order chi connectivity index (χ0) is 21.1. The number of carbonyl (C=O) groups is 2. The molecule has 4 aromatic rings. The SMILES string of the molecule is C[C@@H](NC(=O)c1cc(Cl)ccc1NC(=O)c1n[nH]c2ccccc12)c1ccccc1. The van der Waals surface area contributed by atoms with E-state index in [1.807, 2.05) is 61.5 Å². The molecule has 1 atom stereocenters. The highest BCUT2D eigenvalue weighted by Gasteiger charge is 2.19. The number of para-hydroxylation sites is 1. The van der Waals surface area contributed by atoms with Crippen LogP contribution in [-0.4, -0.2) is 22.0 Å². The lowest BCUT2D eigenvalue weighted by atomic mass is 10.1. The number of hydrogen-bond donors (Lipinski definition) is 3. The lowest BCUT2D eigenvalue weighted by Gasteiger charge is -2.16. The Labute approximate surface area is 178 Å². The first-order valence-corrected chi connectivity index (χ1v) is 9.80. The van der Waals surface area contributed by atoms with E-state index in [2.05, 4.69) is 20.8 Å². The molecule has 0 saturated carbocycles. The van der Waals surface area contributed by atoms with Crippen LogP contribution in [0.2, 0.25) is 5.02 Å². The molecule has 1 heterocycles. The number of halogens is 1. The Morgan fingerprint density at radius 3 is 2.50 bits per heavy atom. The van der Waals surface area contributed by atoms with Crippen molar-refractivity contribution in [3.05, 3.63) is 94.6 Å². The Morgan fingerprint density at radius 2 is 1.70 bits per heavy atom. The second-order valence-corrected chi connectivity index (χ2v) is 7.30. The van der Waals surface area contributed by atoms with Crippen LogP contribution in [0.25, 0.3) is 10.9 Å². The molecule has 0 radical (unpaired) electrons. The van der Waals surface area contributed by atoms with E-state index in [-0.39, 0.29) is 23.2 Å². The summed E-state index contributed by atoms with van der Waals surface area (Å²) in [4.78, 5) is 25.8. The average molecular weight is 419 g/mol. The molecule has 6 nitrogen and oxygen atoms in total. The number of nitrogens with zero attached hydrogens (tertiary/aromatic N) is 1. The van der Waals surface area contributed by atoms with Crippen LogP contribution in [0.4, 0.5) is 5.69 Å². The average Bonchev–Trinajstić information content (AvgIpc) is 3.20. The van der Waals surface area contributed by atoms with Gasteiger partial charge in [0.05, 0.1) is 22.8 Å². The normalized spacial score (nSPS) is 11.8. The van der Waals surface area contributed by atoms with Crippen molar-refractivity contribution in [1.82, 2.24) is 15.5 Å². The number of fused-ring (bicyclic) bond motifs is 1. The van der Waals surface area contributed by atoms with Crippen molar-refractivity contribution in [2.75, 3.05) is 5.32 Å². The van der Waals surface area contributed by atoms with Crippen LogP contribution in [0, 0.1) is 0 Å². The van der Waals surface area contributed by atoms with Gasteiger partial charge < -0.3 is 10.6 Å². The van der Waals surface area contributed by atoms with E-state index in [9.17, 15) is 9.59 Å². The zero-order valence-electron chi connectivity index (χ0n) is 16.1. The van der Waals surface area contributed by atoms with Gasteiger partial charge in [-0.05, 0) is 36.8 Å². The van der Waals surface area contributed by atoms with Gasteiger partial charge in [-0.2, -0.15) is 5.10 Å². The van der Waals surface area contributed by atoms with Crippen molar-refractivity contribution in [1.29, 1.82) is 0 Å². The monoisotopic (exact) mass is 418 g/mol. The third-order valence-electron chi connectivity index (χ3n) is 4.81. The van der Waals surface area contributed by atoms with Crippen LogP contribution in [0.3, 0.4) is 0 Å². The Balaban J connectivity index is 1.59. The van der Waals surface area contributed by atoms with Gasteiger partial charge in [-0.15, -0.1) is 0 Å². The van der Waals surface area contributed by atoms with Crippen LogP contribution >= 0.6 is 11.6 Å². The summed E-state index contributed by atoms with van der Waals surface area (Å²) in [7, 11) is 0. The van der Waals surface area contributed by atoms with Crippen molar-refractivity contribution in [3.8, 4) is 0 Å². The van der Waals surface area contributed by atoms with Gasteiger partial charge in [0.15, 0.2) is 5.69 Å². The van der Waals surface area contributed by atoms with Gasteiger partial charge in [-0.3, -0.25) is 14.7 Å². The Bertz CT molecular complexity index is 1220. The number of rotatable bonds is 5. The molecule has 0 fully saturated rings. The summed E-state index contributed by atoms with van der Waals surface area (Å²) in [6, 6.07) is 21.5. The quantitative estimate of drug-likeness (QED) is 0.428. The van der Waals surface area contributed by atoms with Crippen LogP contribution in [-0.2, 0) is 0 Å². The maximum Gasteiger partial charge on any atom is 0.276 e. The molecular weight excluding hydrogens is 400 g/mol. The van der Waals surface area contributed by atoms with Gasteiger partial charge >= 0.3 is 0 Å². The summed E-state index contributed by atoms with van der Waals surface area (Å²) in [5, 5.41) is 13.8. The summed E-state index contributed by atoms with van der Waals surface area (Å²) in [5.41, 5.74) is 2.62. The largest absolute Gasteiger partial charge is 0.345 e. The highest BCUT2D eigenvalue weighted by molar-refractivity contribution is 6.31. The lowest BCUT2D eigenvalue weighted by Crippen LogP contribution is -2.28. The Kier molecular flexibility index (Phi) is 5.50. The summed E-state index contributed by atoms with van der Waals surface area (Å²) in [6.07, 6.45) is 0. The Hall–Kier alpha value is -3.64. The molecule has 0 aliphatic heterocycles. The number of anilines is 1. The first kappa shape index (κ1) is 19.7. The number of aromatic nitrogens is 2. The maximum atomic E-state index is 12.9. The third-order valence-corrected chi connectivity index (χ3v) is 5.04. The molecule has 0 unspecified atom stereocenters. The van der Waals surface area contributed by atoms with E-state index in [4.69, 9.17) is 11.6 Å². The van der Waals surface area contributed by atoms with Gasteiger partial charge in [-0.1, -0.05) is 60.1 Å². The number of benzene rings is 3. The number of nitrogens with one attached hydrogen (secondary N) is 3. The molecule has 30 heavy (non-hydrogen) atoms. The van der Waals surface area contributed by atoms with Crippen molar-refractivity contribution in [2.24, 2.45) is 0 Å². The Morgan fingerprint density at radius 1 is 0.967 bits per heavy atom. The molecule has 0 aliphatic carbocycles. The molecule has 0 bridgehead atoms. The molecule has 0 spiro atoms. The summed E-state index contributed by atoms with van der Waals surface area (Å²) in [6.45, 7) is 1.89. The van der Waals surface area contributed by atoms with Gasteiger partial charge in [-0.25, -0.2) is 0 Å². The van der Waals surface area contributed by atoms with Crippen molar-refractivity contribution >= 4 is 40.0 Å². The minimum Gasteiger partial charge on any atom is -0.345 e. The highest BCUT2D eigenvalue weighted by atomic mass is 35.5. The van der Waals surface area contributed by atoms with E-state index in [0.29, 0.717) is 16.1 Å². The minimum atomic E-state index is -0.417. The molecular formula is C23H19ClN4O2. The molecule has 150 valence electrons. The first-order valence-electron chi connectivity index (χ1n) is 9.43. The molecule has 3 aromatic carbocycles. The van der Waals surface area contributed by atoms with Crippen molar-refractivity contribution in [2.45, 2.75) is 13.0 Å². The van der Waals surface area contributed by atoms with E-state index in [1.165, 1.54) is 6.07 Å². The minimum absolute atomic E-state index is 0.212. The fourth-order valence-electron chi connectivity index (χ4n) is 3.23. The summed E-state index contributed by atoms with van der Waals surface area (Å²) < 4.78 is 0. The fourth-order valence-corrected chi connectivity index (χ4v) is 3.40. The van der Waals surface area contributed by atoms with E-state index < -0.39 is 5.91 Å². The van der Waals surface area contributed by atoms with Gasteiger partial charge in [0.2, 0.25) is 0 Å². The predicted octanol–water partition coefficient (Wildman–Crippen LogP) is 4.96. The number of amides is 2. The van der Waals surface area contributed by atoms with Crippen LogP contribution in [0.15, 0.2) is 72.8 Å². The fraction of sp³-hybridized carbons (Fsp3) is 0.0870. The predicted molar refractivity (Wildman–Crippen MR) is 118 cm³/mol. The topological polar surface area (TPSA) is 86.9 Å². The van der Waals surface area contributed by atoms with E-state index in [1.54, 1.807) is 12.1 Å². The molecule has 0 saturated heterocycles. The maximum absolute atomic E-state index is 12.9. The highest BCUT2D eigenvalue weighted by Crippen LogP contribution is 2.24.